The number of nitrogens with one attached hydrogen (secondary N) is 1. The van der Waals surface area contributed by atoms with Gasteiger partial charge in [0.25, 0.3) is 0 Å². The zero-order chi connectivity index (χ0) is 26.0. The highest BCUT2D eigenvalue weighted by Crippen LogP contribution is 2.44. The van der Waals surface area contributed by atoms with E-state index in [1.165, 1.54) is 22.3 Å². The Balaban J connectivity index is 1.20. The zero-order valence-electron chi connectivity index (χ0n) is 20.8. The summed E-state index contributed by atoms with van der Waals surface area (Å²) in [4.78, 5) is 35.8. The number of Topliss-reactive ketones (excluding diaryl/α,β-unsaturated/α-hetero) is 1. The molecule has 0 fully saturated rings. The van der Waals surface area contributed by atoms with Gasteiger partial charge in [-0.2, -0.15) is 0 Å². The van der Waals surface area contributed by atoms with Gasteiger partial charge in [0.15, 0.2) is 5.78 Å². The molecule has 6 heteroatoms. The van der Waals surface area contributed by atoms with E-state index in [0.717, 1.165) is 5.56 Å². The molecule has 3 aromatic rings. The van der Waals surface area contributed by atoms with Gasteiger partial charge in [0, 0.05) is 36.4 Å². The van der Waals surface area contributed by atoms with Gasteiger partial charge in [-0.05, 0) is 41.3 Å². The van der Waals surface area contributed by atoms with Crippen molar-refractivity contribution < 1.29 is 23.9 Å². The molecule has 37 heavy (non-hydrogen) atoms. The van der Waals surface area contributed by atoms with Gasteiger partial charge in [-0.25, -0.2) is 4.79 Å². The lowest BCUT2D eigenvalue weighted by atomic mass is 9.98. The second kappa shape index (κ2) is 12.5. The third-order valence-electron chi connectivity index (χ3n) is 6.16. The minimum atomic E-state index is -0.464. The van der Waals surface area contributed by atoms with Crippen LogP contribution in [-0.2, 0) is 14.3 Å². The van der Waals surface area contributed by atoms with Gasteiger partial charge in [-0.15, -0.1) is 0 Å². The largest absolute Gasteiger partial charge is 0.466 e. The molecule has 0 heterocycles. The molecule has 0 atom stereocenters. The Labute approximate surface area is 217 Å². The molecule has 0 aromatic heterocycles. The Kier molecular flexibility index (Phi) is 8.72. The number of esters is 1. The molecule has 6 nitrogen and oxygen atoms in total. The van der Waals surface area contributed by atoms with Crippen LogP contribution in [0.4, 0.5) is 4.79 Å². The molecule has 3 aromatic carbocycles. The molecular formula is C31H29NO5. The van der Waals surface area contributed by atoms with Crippen LogP contribution in [0.2, 0.25) is 0 Å². The highest BCUT2D eigenvalue weighted by molar-refractivity contribution is 5.97. The van der Waals surface area contributed by atoms with Gasteiger partial charge in [-0.1, -0.05) is 72.5 Å². The van der Waals surface area contributed by atoms with Gasteiger partial charge < -0.3 is 14.8 Å². The third-order valence-corrected chi connectivity index (χ3v) is 6.16. The molecule has 0 aliphatic heterocycles. The van der Waals surface area contributed by atoms with E-state index in [2.05, 4.69) is 41.4 Å². The number of hydrogen-bond donors (Lipinski definition) is 1. The van der Waals surface area contributed by atoms with Crippen molar-refractivity contribution in [3.05, 3.63) is 95.1 Å². The first-order valence-electron chi connectivity index (χ1n) is 12.4. The smallest absolute Gasteiger partial charge is 0.407 e. The number of carbonyl (C=O) groups is 3. The second-order valence-corrected chi connectivity index (χ2v) is 8.61. The summed E-state index contributed by atoms with van der Waals surface area (Å²) in [6, 6.07) is 23.4. The van der Waals surface area contributed by atoms with Gasteiger partial charge in [-0.3, -0.25) is 9.59 Å². The van der Waals surface area contributed by atoms with Crippen LogP contribution in [0.5, 0.6) is 0 Å². The lowest BCUT2D eigenvalue weighted by Gasteiger charge is -2.14. The van der Waals surface area contributed by atoms with Crippen LogP contribution in [0.15, 0.2) is 72.8 Å². The molecule has 0 bridgehead atoms. The first kappa shape index (κ1) is 25.7. The molecule has 0 saturated carbocycles. The van der Waals surface area contributed by atoms with Crippen LogP contribution in [0, 0.1) is 11.8 Å². The number of alkyl carbamates (subject to hydrolysis) is 1. The van der Waals surface area contributed by atoms with Gasteiger partial charge in [0.05, 0.1) is 13.0 Å². The van der Waals surface area contributed by atoms with Crippen LogP contribution in [0.25, 0.3) is 11.1 Å². The summed E-state index contributed by atoms with van der Waals surface area (Å²) in [6.45, 7) is 2.68. The monoisotopic (exact) mass is 495 g/mol. The normalized spacial score (nSPS) is 11.5. The highest BCUT2D eigenvalue weighted by atomic mass is 16.5. The SMILES string of the molecule is CCOC(=O)CCC(=O)c1ccc(C#CCCNC(=O)OCC2c3ccccc3-c3ccccc32)cc1. The zero-order valence-corrected chi connectivity index (χ0v) is 20.8. The molecule has 1 aliphatic rings. The number of ether oxygens (including phenoxy) is 2. The quantitative estimate of drug-likeness (QED) is 0.184. The summed E-state index contributed by atoms with van der Waals surface area (Å²) < 4.78 is 10.4. The predicted octanol–water partition coefficient (Wildman–Crippen LogP) is 5.49. The molecule has 1 N–H and O–H groups in total. The third kappa shape index (κ3) is 6.65. The van der Waals surface area contributed by atoms with E-state index in [9.17, 15) is 14.4 Å². The summed E-state index contributed by atoms with van der Waals surface area (Å²) in [5.74, 6) is 5.58. The molecule has 0 radical (unpaired) electrons. The summed E-state index contributed by atoms with van der Waals surface area (Å²) in [7, 11) is 0. The van der Waals surface area contributed by atoms with Crippen molar-refractivity contribution in [1.82, 2.24) is 5.32 Å². The number of ketones is 1. The van der Waals surface area contributed by atoms with Crippen molar-refractivity contribution in [3.8, 4) is 23.0 Å². The maximum atomic E-state index is 12.2. The minimum absolute atomic E-state index is 0.0259. The minimum Gasteiger partial charge on any atom is -0.466 e. The van der Waals surface area contributed by atoms with Crippen LogP contribution in [0.3, 0.4) is 0 Å². The number of rotatable bonds is 9. The van der Waals surface area contributed by atoms with Crippen LogP contribution in [0.1, 0.15) is 59.2 Å². The maximum absolute atomic E-state index is 12.2. The Hall–Kier alpha value is -4.37. The fourth-order valence-electron chi connectivity index (χ4n) is 4.37. The molecule has 0 spiro atoms. The number of amides is 1. The number of hydrogen-bond acceptors (Lipinski definition) is 5. The average molecular weight is 496 g/mol. The highest BCUT2D eigenvalue weighted by Gasteiger charge is 2.28. The Morgan fingerprint density at radius 3 is 2.14 bits per heavy atom. The molecule has 4 rings (SSSR count). The number of benzene rings is 3. The predicted molar refractivity (Wildman–Crippen MR) is 141 cm³/mol. The molecule has 188 valence electrons. The average Bonchev–Trinajstić information content (AvgIpc) is 3.24. The number of carbonyl (C=O) groups excluding carboxylic acids is 3. The van der Waals surface area contributed by atoms with Crippen LogP contribution < -0.4 is 5.32 Å². The fraction of sp³-hybridized carbons (Fsp3) is 0.258. The number of fused-ring (bicyclic) bond motifs is 3. The van der Waals surface area contributed by atoms with E-state index in [1.54, 1.807) is 31.2 Å². The van der Waals surface area contributed by atoms with E-state index in [4.69, 9.17) is 9.47 Å². The first-order valence-corrected chi connectivity index (χ1v) is 12.4. The lowest BCUT2D eigenvalue weighted by molar-refractivity contribution is -0.143. The van der Waals surface area contributed by atoms with Crippen LogP contribution >= 0.6 is 0 Å². The lowest BCUT2D eigenvalue weighted by Crippen LogP contribution is -2.26. The van der Waals surface area contributed by atoms with E-state index in [-0.39, 0.29) is 37.1 Å². The molecule has 0 saturated heterocycles. The summed E-state index contributed by atoms with van der Waals surface area (Å²) >= 11 is 0. The molecule has 1 aliphatic carbocycles. The Morgan fingerprint density at radius 2 is 1.49 bits per heavy atom. The summed E-state index contributed by atoms with van der Waals surface area (Å²) in [6.07, 6.45) is 0.190. The molecular weight excluding hydrogens is 466 g/mol. The van der Waals surface area contributed by atoms with Crippen molar-refractivity contribution in [2.75, 3.05) is 19.8 Å². The van der Waals surface area contributed by atoms with E-state index in [0.29, 0.717) is 25.1 Å². The first-order chi connectivity index (χ1) is 18.1. The summed E-state index contributed by atoms with van der Waals surface area (Å²) in [5.41, 5.74) is 6.03. The fourth-order valence-corrected chi connectivity index (χ4v) is 4.37. The topological polar surface area (TPSA) is 81.7 Å². The van der Waals surface area contributed by atoms with Crippen molar-refractivity contribution in [1.29, 1.82) is 0 Å². The van der Waals surface area contributed by atoms with E-state index < -0.39 is 6.09 Å². The van der Waals surface area contributed by atoms with Crippen molar-refractivity contribution in [2.24, 2.45) is 0 Å². The maximum Gasteiger partial charge on any atom is 0.407 e. The van der Waals surface area contributed by atoms with Crippen molar-refractivity contribution in [2.45, 2.75) is 32.1 Å². The van der Waals surface area contributed by atoms with Gasteiger partial charge >= 0.3 is 12.1 Å². The van der Waals surface area contributed by atoms with E-state index >= 15 is 0 Å². The standard InChI is InChI=1S/C31H29NO5/c1-2-36-30(34)19-18-29(33)23-16-14-22(15-17-23)9-7-8-20-32-31(35)37-21-28-26-12-5-3-10-24(26)25-11-4-6-13-27(25)28/h3-6,10-17,28H,2,8,18-21H2,1H3,(H,32,35). The molecule has 1 amide bonds. The van der Waals surface area contributed by atoms with Crippen LogP contribution in [-0.4, -0.2) is 37.6 Å². The van der Waals surface area contributed by atoms with Crippen molar-refractivity contribution in [3.63, 3.8) is 0 Å². The Morgan fingerprint density at radius 1 is 0.838 bits per heavy atom. The molecule has 0 unspecified atom stereocenters. The van der Waals surface area contributed by atoms with E-state index in [1.807, 2.05) is 24.3 Å². The second-order valence-electron chi connectivity index (χ2n) is 8.61. The summed E-state index contributed by atoms with van der Waals surface area (Å²) in [5, 5.41) is 2.75. The van der Waals surface area contributed by atoms with Crippen molar-refractivity contribution >= 4 is 17.8 Å². The van der Waals surface area contributed by atoms with Gasteiger partial charge in [0.2, 0.25) is 0 Å². The van der Waals surface area contributed by atoms with Gasteiger partial charge in [0.1, 0.15) is 6.61 Å². The Bertz CT molecular complexity index is 1290.